The molecule has 3 rings (SSSR count). The minimum Gasteiger partial charge on any atom is -0.457 e. The van der Waals surface area contributed by atoms with Gasteiger partial charge in [0, 0.05) is 22.5 Å². The Labute approximate surface area is 182 Å². The van der Waals surface area contributed by atoms with Crippen LogP contribution in [0.1, 0.15) is 31.1 Å². The Hall–Kier alpha value is -3.80. The summed E-state index contributed by atoms with van der Waals surface area (Å²) < 4.78 is 5.75. The topological polar surface area (TPSA) is 79.5 Å². The maximum absolute atomic E-state index is 12.3. The molecule has 31 heavy (non-hydrogen) atoms. The summed E-state index contributed by atoms with van der Waals surface area (Å²) in [7, 11) is 0. The van der Waals surface area contributed by atoms with Crippen molar-refractivity contribution in [1.29, 1.82) is 0 Å². The molecular weight excluding hydrogens is 390 g/mol. The Kier molecular flexibility index (Phi) is 6.92. The van der Waals surface area contributed by atoms with E-state index in [4.69, 9.17) is 4.74 Å². The van der Waals surface area contributed by atoms with E-state index in [9.17, 15) is 9.59 Å². The van der Waals surface area contributed by atoms with Crippen molar-refractivity contribution in [3.05, 3.63) is 84.4 Å². The molecule has 0 unspecified atom stereocenters. The Morgan fingerprint density at radius 3 is 2.16 bits per heavy atom. The average Bonchev–Trinajstić information content (AvgIpc) is 2.73. The summed E-state index contributed by atoms with van der Waals surface area (Å²) in [5, 5.41) is 8.81. The van der Waals surface area contributed by atoms with Gasteiger partial charge in [-0.25, -0.2) is 0 Å². The number of nitrogens with one attached hydrogen (secondary N) is 3. The number of hydrogen-bond donors (Lipinski definition) is 3. The van der Waals surface area contributed by atoms with Gasteiger partial charge in [0.25, 0.3) is 5.91 Å². The standard InChI is InChI=1S/C25H27N3O3/c1-25(2,3)28-24(30)18-8-7-9-20(16-18)26-17-23(29)27-19-12-14-22(15-13-19)31-21-10-5-4-6-11-21/h4-16,26H,17H2,1-3H3,(H,27,29)(H,28,30). The van der Waals surface area contributed by atoms with Gasteiger partial charge in [0.15, 0.2) is 0 Å². The maximum Gasteiger partial charge on any atom is 0.251 e. The largest absolute Gasteiger partial charge is 0.457 e. The number of carbonyl (C=O) groups excluding carboxylic acids is 2. The quantitative estimate of drug-likeness (QED) is 0.502. The highest BCUT2D eigenvalue weighted by molar-refractivity contribution is 5.96. The van der Waals surface area contributed by atoms with Gasteiger partial charge < -0.3 is 20.7 Å². The molecule has 0 atom stereocenters. The van der Waals surface area contributed by atoms with Crippen molar-refractivity contribution in [3.63, 3.8) is 0 Å². The molecule has 0 spiro atoms. The molecular formula is C25H27N3O3. The summed E-state index contributed by atoms with van der Waals surface area (Å²) in [5.74, 6) is 1.09. The van der Waals surface area contributed by atoms with E-state index in [1.54, 1.807) is 42.5 Å². The van der Waals surface area contributed by atoms with Gasteiger partial charge in [-0.1, -0.05) is 24.3 Å². The Morgan fingerprint density at radius 1 is 0.806 bits per heavy atom. The monoisotopic (exact) mass is 417 g/mol. The molecule has 0 radical (unpaired) electrons. The van der Waals surface area contributed by atoms with Crippen LogP contribution in [0.2, 0.25) is 0 Å². The average molecular weight is 418 g/mol. The van der Waals surface area contributed by atoms with Crippen molar-refractivity contribution in [1.82, 2.24) is 5.32 Å². The molecule has 6 heteroatoms. The zero-order valence-corrected chi connectivity index (χ0v) is 17.9. The van der Waals surface area contributed by atoms with Crippen molar-refractivity contribution in [2.75, 3.05) is 17.2 Å². The number of para-hydroxylation sites is 1. The fraction of sp³-hybridized carbons (Fsp3) is 0.200. The number of rotatable bonds is 7. The molecule has 0 heterocycles. The third kappa shape index (κ3) is 7.19. The molecule has 0 fully saturated rings. The molecule has 2 amide bonds. The summed E-state index contributed by atoms with van der Waals surface area (Å²) in [6, 6.07) is 23.7. The van der Waals surface area contributed by atoms with Crippen LogP contribution in [0.5, 0.6) is 11.5 Å². The van der Waals surface area contributed by atoms with Crippen LogP contribution in [-0.4, -0.2) is 23.9 Å². The molecule has 0 aliphatic carbocycles. The number of amides is 2. The van der Waals surface area contributed by atoms with Crippen LogP contribution in [0.25, 0.3) is 0 Å². The first-order chi connectivity index (χ1) is 14.8. The van der Waals surface area contributed by atoms with Crippen molar-refractivity contribution in [2.24, 2.45) is 0 Å². The number of benzene rings is 3. The molecule has 0 aromatic heterocycles. The third-order valence-electron chi connectivity index (χ3n) is 4.18. The number of ether oxygens (including phenoxy) is 1. The molecule has 0 saturated heterocycles. The van der Waals surface area contributed by atoms with E-state index in [1.165, 1.54) is 0 Å². The van der Waals surface area contributed by atoms with E-state index in [0.717, 1.165) is 5.75 Å². The lowest BCUT2D eigenvalue weighted by molar-refractivity contribution is -0.114. The van der Waals surface area contributed by atoms with Crippen molar-refractivity contribution < 1.29 is 14.3 Å². The molecule has 6 nitrogen and oxygen atoms in total. The SMILES string of the molecule is CC(C)(C)NC(=O)c1cccc(NCC(=O)Nc2ccc(Oc3ccccc3)cc2)c1. The van der Waals surface area contributed by atoms with Gasteiger partial charge in [0.1, 0.15) is 11.5 Å². The minimum atomic E-state index is -0.317. The predicted molar refractivity (Wildman–Crippen MR) is 124 cm³/mol. The van der Waals surface area contributed by atoms with E-state index in [2.05, 4.69) is 16.0 Å². The van der Waals surface area contributed by atoms with Gasteiger partial charge in [-0.15, -0.1) is 0 Å². The van der Waals surface area contributed by atoms with E-state index >= 15 is 0 Å². The molecule has 0 bridgehead atoms. The van der Waals surface area contributed by atoms with Gasteiger partial charge in [-0.2, -0.15) is 0 Å². The molecule has 0 aliphatic rings. The van der Waals surface area contributed by atoms with Gasteiger partial charge >= 0.3 is 0 Å². The Morgan fingerprint density at radius 2 is 1.48 bits per heavy atom. The Bertz CT molecular complexity index is 1030. The zero-order valence-electron chi connectivity index (χ0n) is 17.9. The van der Waals surface area contributed by atoms with Crippen molar-refractivity contribution in [3.8, 4) is 11.5 Å². The van der Waals surface area contributed by atoms with Gasteiger partial charge in [0.05, 0.1) is 6.54 Å². The van der Waals surface area contributed by atoms with Crippen LogP contribution >= 0.6 is 0 Å². The fourth-order valence-electron chi connectivity index (χ4n) is 2.80. The zero-order chi connectivity index (χ0) is 22.3. The van der Waals surface area contributed by atoms with Crippen LogP contribution in [-0.2, 0) is 4.79 Å². The normalized spacial score (nSPS) is 10.8. The molecule has 160 valence electrons. The first kappa shape index (κ1) is 21.9. The highest BCUT2D eigenvalue weighted by atomic mass is 16.5. The second-order valence-corrected chi connectivity index (χ2v) is 8.13. The van der Waals surface area contributed by atoms with Crippen LogP contribution in [0.4, 0.5) is 11.4 Å². The number of carbonyl (C=O) groups is 2. The lowest BCUT2D eigenvalue weighted by Gasteiger charge is -2.20. The summed E-state index contributed by atoms with van der Waals surface area (Å²) >= 11 is 0. The van der Waals surface area contributed by atoms with Crippen molar-refractivity contribution >= 4 is 23.2 Å². The highest BCUT2D eigenvalue weighted by Gasteiger charge is 2.15. The van der Waals surface area contributed by atoms with Crippen LogP contribution in [0, 0.1) is 0 Å². The van der Waals surface area contributed by atoms with Crippen LogP contribution in [0.3, 0.4) is 0 Å². The number of hydrogen-bond acceptors (Lipinski definition) is 4. The smallest absolute Gasteiger partial charge is 0.251 e. The van der Waals surface area contributed by atoms with Crippen LogP contribution in [0.15, 0.2) is 78.9 Å². The second-order valence-electron chi connectivity index (χ2n) is 8.13. The van der Waals surface area contributed by atoms with E-state index < -0.39 is 0 Å². The van der Waals surface area contributed by atoms with Gasteiger partial charge in [-0.3, -0.25) is 9.59 Å². The van der Waals surface area contributed by atoms with E-state index in [0.29, 0.717) is 22.7 Å². The van der Waals surface area contributed by atoms with Gasteiger partial charge in [-0.05, 0) is 75.4 Å². The second kappa shape index (κ2) is 9.80. The third-order valence-corrected chi connectivity index (χ3v) is 4.18. The lowest BCUT2D eigenvalue weighted by atomic mass is 10.1. The summed E-state index contributed by atoms with van der Waals surface area (Å²) in [6.45, 7) is 5.86. The predicted octanol–water partition coefficient (Wildman–Crippen LogP) is 5.06. The maximum atomic E-state index is 12.3. The fourth-order valence-corrected chi connectivity index (χ4v) is 2.80. The molecule has 3 N–H and O–H groups in total. The van der Waals surface area contributed by atoms with Gasteiger partial charge in [0.2, 0.25) is 5.91 Å². The lowest BCUT2D eigenvalue weighted by Crippen LogP contribution is -2.40. The van der Waals surface area contributed by atoms with Crippen LogP contribution < -0.4 is 20.7 Å². The molecule has 0 saturated carbocycles. The summed E-state index contributed by atoms with van der Waals surface area (Å²) in [4.78, 5) is 24.6. The first-order valence-corrected chi connectivity index (χ1v) is 10.1. The highest BCUT2D eigenvalue weighted by Crippen LogP contribution is 2.22. The van der Waals surface area contributed by atoms with E-state index in [-0.39, 0.29) is 23.9 Å². The Balaban J connectivity index is 1.51. The van der Waals surface area contributed by atoms with Crippen molar-refractivity contribution in [2.45, 2.75) is 26.3 Å². The minimum absolute atomic E-state index is 0.0760. The first-order valence-electron chi connectivity index (χ1n) is 10.1. The molecule has 0 aliphatic heterocycles. The number of anilines is 2. The van der Waals surface area contributed by atoms with E-state index in [1.807, 2.05) is 57.2 Å². The molecule has 3 aromatic carbocycles. The molecule has 3 aromatic rings. The summed E-state index contributed by atoms with van der Waals surface area (Å²) in [6.07, 6.45) is 0. The summed E-state index contributed by atoms with van der Waals surface area (Å²) in [5.41, 5.74) is 1.59.